The van der Waals surface area contributed by atoms with E-state index in [1.165, 1.54) is 12.1 Å². The van der Waals surface area contributed by atoms with Gasteiger partial charge in [0.15, 0.2) is 0 Å². The fourth-order valence-electron chi connectivity index (χ4n) is 1.24. The first-order valence-electron chi connectivity index (χ1n) is 5.62. The molecule has 1 heterocycles. The normalized spacial score (nSPS) is 11.6. The van der Waals surface area contributed by atoms with Gasteiger partial charge < -0.3 is 10.6 Å². The Morgan fingerprint density at radius 2 is 2.10 bits per heavy atom. The van der Waals surface area contributed by atoms with E-state index < -0.39 is 24.8 Å². The zero-order valence-electron chi connectivity index (χ0n) is 10.4. The van der Waals surface area contributed by atoms with Crippen LogP contribution < -0.4 is 10.6 Å². The molecule has 0 aliphatic heterocycles. The van der Waals surface area contributed by atoms with Crippen molar-refractivity contribution in [1.29, 1.82) is 0 Å². The Morgan fingerprint density at radius 1 is 1.45 bits per heavy atom. The number of hydrogen-bond acceptors (Lipinski definition) is 3. The first-order chi connectivity index (χ1) is 9.27. The van der Waals surface area contributed by atoms with Gasteiger partial charge in [0.05, 0.1) is 11.6 Å². The Hall–Kier alpha value is -1.57. The maximum absolute atomic E-state index is 12.7. The van der Waals surface area contributed by atoms with Crippen molar-refractivity contribution in [3.05, 3.63) is 22.8 Å². The van der Waals surface area contributed by atoms with E-state index in [0.717, 1.165) is 0 Å². The van der Waals surface area contributed by atoms with Crippen molar-refractivity contribution in [3.8, 4) is 0 Å². The molecule has 0 unspecified atom stereocenters. The SMILES string of the molecule is CCNc1ccc(Cl)c(C(=O)NCC(F)(F)C(F)F)n1. The predicted octanol–water partition coefficient (Wildman–Crippen LogP) is 2.80. The highest BCUT2D eigenvalue weighted by molar-refractivity contribution is 6.33. The van der Waals surface area contributed by atoms with E-state index in [0.29, 0.717) is 12.4 Å². The number of anilines is 1. The highest BCUT2D eigenvalue weighted by Crippen LogP contribution is 2.22. The van der Waals surface area contributed by atoms with Crippen molar-refractivity contribution < 1.29 is 22.4 Å². The molecule has 0 aliphatic carbocycles. The monoisotopic (exact) mass is 313 g/mol. The predicted molar refractivity (Wildman–Crippen MR) is 66.7 cm³/mol. The van der Waals surface area contributed by atoms with Crippen LogP contribution in [-0.4, -0.2) is 36.3 Å². The minimum atomic E-state index is -4.30. The number of pyridine rings is 1. The molecule has 1 rings (SSSR count). The fraction of sp³-hybridized carbons (Fsp3) is 0.455. The number of alkyl halides is 4. The van der Waals surface area contributed by atoms with Gasteiger partial charge in [0.2, 0.25) is 0 Å². The number of nitrogens with zero attached hydrogens (tertiary/aromatic N) is 1. The molecule has 0 saturated heterocycles. The number of amides is 1. The number of hydrogen-bond donors (Lipinski definition) is 2. The summed E-state index contributed by atoms with van der Waals surface area (Å²) in [6.07, 6.45) is -3.86. The van der Waals surface area contributed by atoms with Crippen LogP contribution in [0.3, 0.4) is 0 Å². The van der Waals surface area contributed by atoms with Gasteiger partial charge in [-0.05, 0) is 19.1 Å². The average molecular weight is 314 g/mol. The Labute approximate surface area is 117 Å². The number of halogens is 5. The van der Waals surface area contributed by atoms with E-state index in [1.54, 1.807) is 12.2 Å². The van der Waals surface area contributed by atoms with Crippen LogP contribution >= 0.6 is 11.6 Å². The van der Waals surface area contributed by atoms with E-state index in [2.05, 4.69) is 10.3 Å². The summed E-state index contributed by atoms with van der Waals surface area (Å²) in [4.78, 5) is 15.4. The third-order valence-corrected chi connectivity index (χ3v) is 2.53. The van der Waals surface area contributed by atoms with Crippen LogP contribution in [0.15, 0.2) is 12.1 Å². The second-order valence-corrected chi connectivity index (χ2v) is 4.21. The largest absolute Gasteiger partial charge is 0.370 e. The number of rotatable bonds is 6. The Bertz CT molecular complexity index is 485. The highest BCUT2D eigenvalue weighted by atomic mass is 35.5. The molecule has 112 valence electrons. The molecule has 0 atom stereocenters. The molecule has 9 heteroatoms. The lowest BCUT2D eigenvalue weighted by Crippen LogP contribution is -2.41. The first-order valence-corrected chi connectivity index (χ1v) is 6.00. The third kappa shape index (κ3) is 4.22. The quantitative estimate of drug-likeness (QED) is 0.794. The molecule has 0 aliphatic rings. The highest BCUT2D eigenvalue weighted by Gasteiger charge is 2.41. The van der Waals surface area contributed by atoms with Gasteiger partial charge in [-0.3, -0.25) is 4.79 Å². The molecule has 0 bridgehead atoms. The third-order valence-electron chi connectivity index (χ3n) is 2.22. The Kier molecular flexibility index (Phi) is 5.55. The molecular weight excluding hydrogens is 302 g/mol. The summed E-state index contributed by atoms with van der Waals surface area (Å²) in [5, 5.41) is 4.42. The van der Waals surface area contributed by atoms with Crippen LogP contribution in [0.25, 0.3) is 0 Å². The van der Waals surface area contributed by atoms with Gasteiger partial charge in [-0.2, -0.15) is 8.78 Å². The van der Waals surface area contributed by atoms with Gasteiger partial charge >= 0.3 is 12.3 Å². The van der Waals surface area contributed by atoms with Crippen molar-refractivity contribution >= 4 is 23.3 Å². The van der Waals surface area contributed by atoms with Crippen LogP contribution in [-0.2, 0) is 0 Å². The number of carbonyl (C=O) groups excluding carboxylic acids is 1. The molecule has 0 fully saturated rings. The van der Waals surface area contributed by atoms with E-state index in [9.17, 15) is 22.4 Å². The standard InChI is InChI=1S/C11H12ClF4N3O/c1-2-17-7-4-3-6(12)8(19-7)9(20)18-5-11(15,16)10(13)14/h3-4,10H,2,5H2,1H3,(H,17,19)(H,18,20). The molecule has 0 aromatic carbocycles. The minimum Gasteiger partial charge on any atom is -0.370 e. The van der Waals surface area contributed by atoms with Gasteiger partial charge in [-0.15, -0.1) is 0 Å². The fourth-order valence-corrected chi connectivity index (χ4v) is 1.43. The van der Waals surface area contributed by atoms with Crippen LogP contribution in [0.4, 0.5) is 23.4 Å². The summed E-state index contributed by atoms with van der Waals surface area (Å²) >= 11 is 5.72. The second-order valence-electron chi connectivity index (χ2n) is 3.80. The minimum absolute atomic E-state index is 0.0653. The lowest BCUT2D eigenvalue weighted by molar-refractivity contribution is -0.123. The van der Waals surface area contributed by atoms with Crippen molar-refractivity contribution in [1.82, 2.24) is 10.3 Å². The zero-order valence-corrected chi connectivity index (χ0v) is 11.1. The van der Waals surface area contributed by atoms with E-state index in [4.69, 9.17) is 11.6 Å². The van der Waals surface area contributed by atoms with Crippen LogP contribution in [0.2, 0.25) is 5.02 Å². The molecule has 0 spiro atoms. The number of carbonyl (C=O) groups is 1. The van der Waals surface area contributed by atoms with Crippen molar-refractivity contribution in [2.45, 2.75) is 19.3 Å². The maximum atomic E-state index is 12.7. The van der Waals surface area contributed by atoms with Gasteiger partial charge in [0, 0.05) is 6.54 Å². The molecular formula is C11H12ClF4N3O. The Morgan fingerprint density at radius 3 is 2.65 bits per heavy atom. The molecule has 0 radical (unpaired) electrons. The van der Waals surface area contributed by atoms with Crippen LogP contribution in [0.1, 0.15) is 17.4 Å². The van der Waals surface area contributed by atoms with Crippen molar-refractivity contribution in [3.63, 3.8) is 0 Å². The lowest BCUT2D eigenvalue weighted by atomic mass is 10.3. The molecule has 1 aromatic heterocycles. The van der Waals surface area contributed by atoms with E-state index in [-0.39, 0.29) is 10.7 Å². The average Bonchev–Trinajstić information content (AvgIpc) is 2.38. The lowest BCUT2D eigenvalue weighted by Gasteiger charge is -2.16. The van der Waals surface area contributed by atoms with Gasteiger partial charge in [0.1, 0.15) is 11.5 Å². The van der Waals surface area contributed by atoms with Crippen LogP contribution in [0.5, 0.6) is 0 Å². The van der Waals surface area contributed by atoms with E-state index >= 15 is 0 Å². The van der Waals surface area contributed by atoms with Crippen LogP contribution in [0, 0.1) is 0 Å². The summed E-state index contributed by atoms with van der Waals surface area (Å²) in [6, 6.07) is 2.85. The van der Waals surface area contributed by atoms with E-state index in [1.807, 2.05) is 0 Å². The Balaban J connectivity index is 2.79. The summed E-state index contributed by atoms with van der Waals surface area (Å²) in [6.45, 7) is 0.825. The van der Waals surface area contributed by atoms with Crippen molar-refractivity contribution in [2.24, 2.45) is 0 Å². The molecule has 0 saturated carbocycles. The van der Waals surface area contributed by atoms with Gasteiger partial charge in [0.25, 0.3) is 5.91 Å². The molecule has 1 amide bonds. The summed E-state index contributed by atoms with van der Waals surface area (Å²) in [7, 11) is 0. The number of nitrogens with one attached hydrogen (secondary N) is 2. The summed E-state index contributed by atoms with van der Waals surface area (Å²) < 4.78 is 49.3. The second kappa shape index (κ2) is 6.74. The smallest absolute Gasteiger partial charge is 0.324 e. The topological polar surface area (TPSA) is 54.0 Å². The molecule has 2 N–H and O–H groups in total. The molecule has 20 heavy (non-hydrogen) atoms. The zero-order chi connectivity index (χ0) is 15.3. The van der Waals surface area contributed by atoms with Crippen molar-refractivity contribution in [2.75, 3.05) is 18.4 Å². The number of aromatic nitrogens is 1. The van der Waals surface area contributed by atoms with Gasteiger partial charge in [-0.25, -0.2) is 13.8 Å². The molecule has 4 nitrogen and oxygen atoms in total. The van der Waals surface area contributed by atoms with Gasteiger partial charge in [-0.1, -0.05) is 11.6 Å². The molecule has 1 aromatic rings. The summed E-state index contributed by atoms with van der Waals surface area (Å²) in [5.74, 6) is -5.03. The first kappa shape index (κ1) is 16.5. The summed E-state index contributed by atoms with van der Waals surface area (Å²) in [5.41, 5.74) is -0.310. The maximum Gasteiger partial charge on any atom is 0.324 e.